The fourth-order valence-electron chi connectivity index (χ4n) is 6.96. The highest BCUT2D eigenvalue weighted by Crippen LogP contribution is 2.50. The lowest BCUT2D eigenvalue weighted by atomic mass is 9.59. The fraction of sp³-hybridized carbons (Fsp3) is 0.750. The second kappa shape index (κ2) is 10.3. The molecule has 0 amide bonds. The molecule has 3 saturated carbocycles. The summed E-state index contributed by atoms with van der Waals surface area (Å²) >= 11 is 0. The van der Waals surface area contributed by atoms with Crippen molar-refractivity contribution >= 4 is 5.97 Å². The summed E-state index contributed by atoms with van der Waals surface area (Å²) in [5, 5.41) is 0. The molecule has 0 saturated heterocycles. The van der Waals surface area contributed by atoms with Crippen LogP contribution in [-0.2, 0) is 4.79 Å². The van der Waals surface area contributed by atoms with Gasteiger partial charge in [-0.1, -0.05) is 69.6 Å². The molecule has 0 spiro atoms. The van der Waals surface area contributed by atoms with Gasteiger partial charge in [-0.05, 0) is 87.2 Å². The molecule has 0 aliphatic heterocycles. The molecule has 4 atom stereocenters. The Morgan fingerprint density at radius 3 is 2.37 bits per heavy atom. The van der Waals surface area contributed by atoms with E-state index in [0.29, 0.717) is 11.7 Å². The largest absolute Gasteiger partial charge is 0.426 e. The van der Waals surface area contributed by atoms with Gasteiger partial charge in [0, 0.05) is 0 Å². The summed E-state index contributed by atoms with van der Waals surface area (Å²) in [6.07, 6.45) is 17.6. The number of aryl methyl sites for hydroxylation is 1. The number of hydrogen-bond acceptors (Lipinski definition) is 2. The highest BCUT2D eigenvalue weighted by Gasteiger charge is 2.43. The summed E-state index contributed by atoms with van der Waals surface area (Å²) in [4.78, 5) is 13.0. The van der Waals surface area contributed by atoms with Gasteiger partial charge in [0.15, 0.2) is 0 Å². The maximum absolute atomic E-state index is 13.0. The Morgan fingerprint density at radius 1 is 0.900 bits per heavy atom. The topological polar surface area (TPSA) is 26.3 Å². The predicted octanol–water partition coefficient (Wildman–Crippen LogP) is 7.73. The average molecular weight is 411 g/mol. The molecule has 0 radical (unpaired) electrons. The first-order chi connectivity index (χ1) is 14.6. The van der Waals surface area contributed by atoms with E-state index in [-0.39, 0.29) is 11.9 Å². The Labute approximate surface area is 184 Å². The van der Waals surface area contributed by atoms with E-state index < -0.39 is 0 Å². The number of unbranched alkanes of at least 4 members (excludes halogenated alkanes) is 1. The fourth-order valence-corrected chi connectivity index (χ4v) is 6.96. The molecule has 0 heterocycles. The second-order valence-corrected chi connectivity index (χ2v) is 10.7. The van der Waals surface area contributed by atoms with Gasteiger partial charge in [-0.15, -0.1) is 0 Å². The van der Waals surface area contributed by atoms with Crippen LogP contribution in [0.1, 0.15) is 96.0 Å². The van der Waals surface area contributed by atoms with Crippen molar-refractivity contribution in [2.75, 3.05) is 0 Å². The molecule has 1 aromatic rings. The van der Waals surface area contributed by atoms with Crippen LogP contribution in [0, 0.1) is 42.4 Å². The molecule has 0 N–H and O–H groups in total. The first-order valence-corrected chi connectivity index (χ1v) is 12.9. The van der Waals surface area contributed by atoms with Crippen LogP contribution in [0.15, 0.2) is 24.3 Å². The molecular weight excluding hydrogens is 368 g/mol. The Balaban J connectivity index is 1.30. The second-order valence-electron chi connectivity index (χ2n) is 10.7. The van der Waals surface area contributed by atoms with Crippen LogP contribution < -0.4 is 4.74 Å². The zero-order valence-electron chi connectivity index (χ0n) is 19.3. The first-order valence-electron chi connectivity index (χ1n) is 12.9. The molecule has 30 heavy (non-hydrogen) atoms. The normalized spacial score (nSPS) is 34.2. The lowest BCUT2D eigenvalue weighted by molar-refractivity contribution is -0.144. The smallest absolute Gasteiger partial charge is 0.314 e. The van der Waals surface area contributed by atoms with Gasteiger partial charge in [0.2, 0.25) is 0 Å². The number of rotatable bonds is 6. The molecule has 1 aromatic carbocycles. The van der Waals surface area contributed by atoms with Crippen LogP contribution in [0.25, 0.3) is 0 Å². The van der Waals surface area contributed by atoms with Crippen LogP contribution in [-0.4, -0.2) is 5.97 Å². The predicted molar refractivity (Wildman–Crippen MR) is 123 cm³/mol. The van der Waals surface area contributed by atoms with Crippen molar-refractivity contribution in [1.82, 2.24) is 0 Å². The van der Waals surface area contributed by atoms with Crippen molar-refractivity contribution in [3.8, 4) is 5.75 Å². The van der Waals surface area contributed by atoms with Crippen LogP contribution in [0.3, 0.4) is 0 Å². The Morgan fingerprint density at radius 2 is 1.63 bits per heavy atom. The van der Waals surface area contributed by atoms with Gasteiger partial charge in [0.05, 0.1) is 5.92 Å². The van der Waals surface area contributed by atoms with E-state index in [4.69, 9.17) is 4.74 Å². The lowest BCUT2D eigenvalue weighted by Crippen LogP contribution is -2.40. The van der Waals surface area contributed by atoms with E-state index in [1.54, 1.807) is 0 Å². The summed E-state index contributed by atoms with van der Waals surface area (Å²) in [6.45, 7) is 4.38. The first kappa shape index (κ1) is 21.9. The van der Waals surface area contributed by atoms with E-state index >= 15 is 0 Å². The van der Waals surface area contributed by atoms with Gasteiger partial charge in [-0.3, -0.25) is 4.79 Å². The number of hydrogen-bond donors (Lipinski definition) is 0. The number of carbonyl (C=O) groups is 1. The maximum Gasteiger partial charge on any atom is 0.314 e. The summed E-state index contributed by atoms with van der Waals surface area (Å²) < 4.78 is 5.81. The van der Waals surface area contributed by atoms with Crippen LogP contribution >= 0.6 is 0 Å². The Kier molecular flexibility index (Phi) is 7.55. The minimum absolute atomic E-state index is 0.0310. The molecule has 3 fully saturated rings. The van der Waals surface area contributed by atoms with Gasteiger partial charge in [0.25, 0.3) is 0 Å². The van der Waals surface area contributed by atoms with Gasteiger partial charge < -0.3 is 4.74 Å². The molecular formula is C28H42O2. The molecule has 4 rings (SSSR count). The molecule has 3 aliphatic rings. The van der Waals surface area contributed by atoms with Crippen LogP contribution in [0.2, 0.25) is 0 Å². The Bertz CT molecular complexity index is 670. The number of benzene rings is 1. The monoisotopic (exact) mass is 410 g/mol. The average Bonchev–Trinajstić information content (AvgIpc) is 2.78. The zero-order chi connectivity index (χ0) is 20.9. The third kappa shape index (κ3) is 5.29. The molecule has 3 aliphatic carbocycles. The van der Waals surface area contributed by atoms with Crippen molar-refractivity contribution in [3.63, 3.8) is 0 Å². The standard InChI is InChI=1S/C28H42O2/c1-3-4-6-21-11-13-22(14-12-21)23-15-18-26-24(19-23)7-5-8-27(26)28(29)30-25-16-9-20(2)10-17-25/h9-10,16-17,21-24,26-27H,3-8,11-15,18-19H2,1-2H3. The van der Waals surface area contributed by atoms with Gasteiger partial charge >= 0.3 is 5.97 Å². The SMILES string of the molecule is CCCCC1CCC(C2CCC3C(CCCC3C(=O)Oc3ccc(C)cc3)C2)CC1. The van der Waals surface area contributed by atoms with Crippen molar-refractivity contribution in [2.45, 2.75) is 97.3 Å². The third-order valence-electron chi connectivity index (χ3n) is 8.75. The van der Waals surface area contributed by atoms with Crippen LogP contribution in [0.4, 0.5) is 0 Å². The summed E-state index contributed by atoms with van der Waals surface area (Å²) in [7, 11) is 0. The summed E-state index contributed by atoms with van der Waals surface area (Å²) in [6, 6.07) is 7.91. The molecule has 0 bridgehead atoms. The number of carbonyl (C=O) groups excluding carboxylic acids is 1. The van der Waals surface area contributed by atoms with E-state index in [2.05, 4.69) is 13.8 Å². The number of esters is 1. The van der Waals surface area contributed by atoms with Crippen molar-refractivity contribution in [2.24, 2.45) is 35.5 Å². The molecule has 0 aromatic heterocycles. The highest BCUT2D eigenvalue weighted by atomic mass is 16.5. The molecule has 166 valence electrons. The van der Waals surface area contributed by atoms with E-state index in [1.807, 2.05) is 24.3 Å². The van der Waals surface area contributed by atoms with E-state index in [0.717, 1.165) is 30.1 Å². The van der Waals surface area contributed by atoms with Crippen molar-refractivity contribution in [1.29, 1.82) is 0 Å². The van der Waals surface area contributed by atoms with Crippen molar-refractivity contribution in [3.05, 3.63) is 29.8 Å². The van der Waals surface area contributed by atoms with Crippen LogP contribution in [0.5, 0.6) is 5.75 Å². The molecule has 2 heteroatoms. The summed E-state index contributed by atoms with van der Waals surface area (Å²) in [5.74, 6) is 5.07. The highest BCUT2D eigenvalue weighted by molar-refractivity contribution is 5.75. The summed E-state index contributed by atoms with van der Waals surface area (Å²) in [5.41, 5.74) is 1.20. The quantitative estimate of drug-likeness (QED) is 0.354. The van der Waals surface area contributed by atoms with Gasteiger partial charge in [-0.25, -0.2) is 0 Å². The number of fused-ring (bicyclic) bond motifs is 1. The Hall–Kier alpha value is -1.31. The minimum Gasteiger partial charge on any atom is -0.426 e. The van der Waals surface area contributed by atoms with Gasteiger partial charge in [-0.2, -0.15) is 0 Å². The zero-order valence-corrected chi connectivity index (χ0v) is 19.3. The number of ether oxygens (including phenoxy) is 1. The minimum atomic E-state index is 0.0310. The van der Waals surface area contributed by atoms with E-state index in [1.165, 1.54) is 82.6 Å². The third-order valence-corrected chi connectivity index (χ3v) is 8.75. The maximum atomic E-state index is 13.0. The lowest BCUT2D eigenvalue weighted by Gasteiger charge is -2.46. The van der Waals surface area contributed by atoms with Gasteiger partial charge in [0.1, 0.15) is 5.75 Å². The van der Waals surface area contributed by atoms with Crippen molar-refractivity contribution < 1.29 is 9.53 Å². The molecule has 2 nitrogen and oxygen atoms in total. The van der Waals surface area contributed by atoms with E-state index in [9.17, 15) is 4.79 Å². The molecule has 4 unspecified atom stereocenters.